The Morgan fingerprint density at radius 2 is 2.00 bits per heavy atom. The molecule has 1 aliphatic heterocycles. The van der Waals surface area contributed by atoms with Crippen molar-refractivity contribution in [1.29, 1.82) is 0 Å². The van der Waals surface area contributed by atoms with Gasteiger partial charge in [-0.15, -0.1) is 5.06 Å². The Bertz CT molecular complexity index is 1260. The van der Waals surface area contributed by atoms with Crippen LogP contribution in [0.3, 0.4) is 0 Å². The minimum atomic E-state index is -1.15. The van der Waals surface area contributed by atoms with Crippen molar-refractivity contribution >= 4 is 23.7 Å². The lowest BCUT2D eigenvalue weighted by molar-refractivity contribution is -0.153. The average Bonchev–Trinajstić information content (AvgIpc) is 3.13. The standard InChI is InChI=1S/C24H23ClFN3O6/c1-14-9-18(28(2)27-14)12-34-24(32)35-29-8-7-15-10-17(26)4-5-19(15)23(29)20-11-16(25)3-6-21(20)33-13-22(30)31/h3-6,9-11,23H,7-8,12-13H2,1-2H3,(H,30,31)/t23-/m0/s1. The number of carboxylic acids is 1. The van der Waals surface area contributed by atoms with E-state index in [1.807, 2.05) is 6.92 Å². The van der Waals surface area contributed by atoms with Crippen LogP contribution in [0, 0.1) is 12.7 Å². The predicted octanol–water partition coefficient (Wildman–Crippen LogP) is 4.20. The van der Waals surface area contributed by atoms with Crippen molar-refractivity contribution < 1.29 is 33.4 Å². The number of hydrogen-bond donors (Lipinski definition) is 1. The number of hydroxylamine groups is 2. The molecule has 35 heavy (non-hydrogen) atoms. The SMILES string of the molecule is Cc1cc(COC(=O)ON2CCc3cc(F)ccc3[C@H]2c2cc(Cl)ccc2OCC(=O)O)n(C)n1. The van der Waals surface area contributed by atoms with E-state index in [0.717, 1.165) is 11.3 Å². The molecule has 1 aromatic heterocycles. The summed E-state index contributed by atoms with van der Waals surface area (Å²) < 4.78 is 26.3. The van der Waals surface area contributed by atoms with E-state index < -0.39 is 30.6 Å². The largest absolute Gasteiger partial charge is 0.528 e. The van der Waals surface area contributed by atoms with Gasteiger partial charge in [0.05, 0.1) is 17.4 Å². The number of fused-ring (bicyclic) bond motifs is 1. The molecule has 1 aliphatic rings. The van der Waals surface area contributed by atoms with Crippen LogP contribution in [0.2, 0.25) is 5.02 Å². The molecule has 0 saturated carbocycles. The molecule has 2 heterocycles. The molecule has 1 N–H and O–H groups in total. The first-order valence-electron chi connectivity index (χ1n) is 10.7. The summed E-state index contributed by atoms with van der Waals surface area (Å²) in [5, 5.41) is 15.0. The Labute approximate surface area is 205 Å². The second-order valence-corrected chi connectivity index (χ2v) is 8.47. The third-order valence-corrected chi connectivity index (χ3v) is 5.77. The highest BCUT2D eigenvalue weighted by atomic mass is 35.5. The third-order valence-electron chi connectivity index (χ3n) is 5.54. The Balaban J connectivity index is 1.63. The van der Waals surface area contributed by atoms with Gasteiger partial charge in [0.1, 0.15) is 18.2 Å². The monoisotopic (exact) mass is 503 g/mol. The number of carbonyl (C=O) groups is 2. The van der Waals surface area contributed by atoms with E-state index in [0.29, 0.717) is 28.3 Å². The van der Waals surface area contributed by atoms with E-state index in [1.54, 1.807) is 42.1 Å². The molecule has 0 saturated heterocycles. The maximum atomic E-state index is 13.9. The van der Waals surface area contributed by atoms with Crippen LogP contribution in [0.25, 0.3) is 0 Å². The molecule has 9 nitrogen and oxygen atoms in total. The first kappa shape index (κ1) is 24.5. The molecule has 3 aromatic rings. The molecule has 0 aliphatic carbocycles. The Morgan fingerprint density at radius 3 is 2.71 bits per heavy atom. The fourth-order valence-electron chi connectivity index (χ4n) is 4.05. The van der Waals surface area contributed by atoms with Gasteiger partial charge in [-0.05, 0) is 60.9 Å². The molecule has 0 radical (unpaired) electrons. The summed E-state index contributed by atoms with van der Waals surface area (Å²) in [4.78, 5) is 29.3. The third kappa shape index (κ3) is 5.72. The van der Waals surface area contributed by atoms with Gasteiger partial charge in [0.2, 0.25) is 0 Å². The average molecular weight is 504 g/mol. The van der Waals surface area contributed by atoms with Crippen LogP contribution in [-0.2, 0) is 34.4 Å². The smallest absolute Gasteiger partial charge is 0.482 e. The van der Waals surface area contributed by atoms with Gasteiger partial charge in [-0.2, -0.15) is 5.10 Å². The van der Waals surface area contributed by atoms with Crippen molar-refractivity contribution in [2.45, 2.75) is 26.0 Å². The molecule has 2 aromatic carbocycles. The van der Waals surface area contributed by atoms with Crippen molar-refractivity contribution in [3.05, 3.63) is 81.4 Å². The number of ether oxygens (including phenoxy) is 2. The number of benzene rings is 2. The maximum Gasteiger partial charge on any atom is 0.528 e. The molecular weight excluding hydrogens is 481 g/mol. The van der Waals surface area contributed by atoms with Crippen LogP contribution in [0.4, 0.5) is 9.18 Å². The summed E-state index contributed by atoms with van der Waals surface area (Å²) in [5.74, 6) is -1.30. The van der Waals surface area contributed by atoms with Gasteiger partial charge in [0.25, 0.3) is 0 Å². The van der Waals surface area contributed by atoms with Crippen molar-refractivity contribution in [3.8, 4) is 5.75 Å². The molecule has 184 valence electrons. The first-order valence-corrected chi connectivity index (χ1v) is 11.1. The van der Waals surface area contributed by atoms with Gasteiger partial charge in [-0.3, -0.25) is 4.68 Å². The molecule has 1 atom stereocenters. The van der Waals surface area contributed by atoms with E-state index in [1.165, 1.54) is 17.2 Å². The van der Waals surface area contributed by atoms with E-state index in [-0.39, 0.29) is 18.9 Å². The highest BCUT2D eigenvalue weighted by Gasteiger charge is 2.34. The van der Waals surface area contributed by atoms with Gasteiger partial charge >= 0.3 is 12.1 Å². The molecule has 11 heteroatoms. The summed E-state index contributed by atoms with van der Waals surface area (Å²) in [6, 6.07) is 10.1. The normalized spacial score (nSPS) is 15.4. The van der Waals surface area contributed by atoms with Crippen molar-refractivity contribution in [2.75, 3.05) is 13.2 Å². The zero-order valence-corrected chi connectivity index (χ0v) is 19.8. The lowest BCUT2D eigenvalue weighted by atomic mass is 9.89. The zero-order chi connectivity index (χ0) is 25.1. The number of carbonyl (C=O) groups excluding carboxylic acids is 1. The van der Waals surface area contributed by atoms with Crippen molar-refractivity contribution in [1.82, 2.24) is 14.8 Å². The molecule has 0 spiro atoms. The van der Waals surface area contributed by atoms with Gasteiger partial charge in [0, 0.05) is 24.2 Å². The molecular formula is C24H23ClFN3O6. The summed E-state index contributed by atoms with van der Waals surface area (Å²) in [5.41, 5.74) is 3.32. The van der Waals surface area contributed by atoms with E-state index in [9.17, 15) is 14.0 Å². The highest BCUT2D eigenvalue weighted by molar-refractivity contribution is 6.30. The highest BCUT2D eigenvalue weighted by Crippen LogP contribution is 2.41. The Morgan fingerprint density at radius 1 is 1.20 bits per heavy atom. The van der Waals surface area contributed by atoms with Crippen LogP contribution >= 0.6 is 11.6 Å². The summed E-state index contributed by atoms with van der Waals surface area (Å²) >= 11 is 6.25. The molecule has 0 fully saturated rings. The Kier molecular flexibility index (Phi) is 7.23. The zero-order valence-electron chi connectivity index (χ0n) is 19.0. The molecule has 0 amide bonds. The van der Waals surface area contributed by atoms with Crippen LogP contribution in [0.5, 0.6) is 5.75 Å². The quantitative estimate of drug-likeness (QED) is 0.478. The first-order chi connectivity index (χ1) is 16.7. The van der Waals surface area contributed by atoms with Crippen LogP contribution < -0.4 is 4.74 Å². The molecule has 4 rings (SSSR count). The number of aliphatic carboxylic acids is 1. The van der Waals surface area contributed by atoms with E-state index >= 15 is 0 Å². The van der Waals surface area contributed by atoms with Crippen LogP contribution in [-0.4, -0.2) is 45.2 Å². The minimum absolute atomic E-state index is 0.0411. The Hall–Kier alpha value is -3.63. The molecule has 0 unspecified atom stereocenters. The maximum absolute atomic E-state index is 13.9. The number of nitrogens with zero attached hydrogens (tertiary/aromatic N) is 3. The lowest BCUT2D eigenvalue weighted by Gasteiger charge is -2.36. The van der Waals surface area contributed by atoms with Gasteiger partial charge in [-0.1, -0.05) is 17.7 Å². The fourth-order valence-corrected chi connectivity index (χ4v) is 4.23. The van der Waals surface area contributed by atoms with Crippen molar-refractivity contribution in [3.63, 3.8) is 0 Å². The number of halogens is 2. The van der Waals surface area contributed by atoms with Crippen LogP contribution in [0.15, 0.2) is 42.5 Å². The topological polar surface area (TPSA) is 103 Å². The van der Waals surface area contributed by atoms with E-state index in [4.69, 9.17) is 31.0 Å². The summed E-state index contributed by atoms with van der Waals surface area (Å²) in [7, 11) is 1.74. The predicted molar refractivity (Wildman–Crippen MR) is 122 cm³/mol. The fraction of sp³-hybridized carbons (Fsp3) is 0.292. The molecule has 0 bridgehead atoms. The minimum Gasteiger partial charge on any atom is -0.482 e. The van der Waals surface area contributed by atoms with Gasteiger partial charge in [0.15, 0.2) is 6.61 Å². The van der Waals surface area contributed by atoms with Crippen LogP contribution in [0.1, 0.15) is 34.1 Å². The number of rotatable bonds is 7. The second kappa shape index (κ2) is 10.3. The summed E-state index contributed by atoms with van der Waals surface area (Å²) in [6.45, 7) is 1.44. The number of aromatic nitrogens is 2. The van der Waals surface area contributed by atoms with Gasteiger partial charge in [-0.25, -0.2) is 14.0 Å². The second-order valence-electron chi connectivity index (χ2n) is 8.03. The lowest BCUT2D eigenvalue weighted by Crippen LogP contribution is -2.38. The van der Waals surface area contributed by atoms with E-state index in [2.05, 4.69) is 5.10 Å². The summed E-state index contributed by atoms with van der Waals surface area (Å²) in [6.07, 6.45) is -0.529. The number of aryl methyl sites for hydroxylation is 2. The number of hydrogen-bond acceptors (Lipinski definition) is 7. The van der Waals surface area contributed by atoms with Crippen molar-refractivity contribution in [2.24, 2.45) is 7.05 Å². The van der Waals surface area contributed by atoms with Gasteiger partial charge < -0.3 is 19.4 Å². The number of carboxylic acid groups (broad SMARTS) is 1.